The molecule has 150 valence electrons. The minimum absolute atomic E-state index is 0. The van der Waals surface area contributed by atoms with E-state index in [4.69, 9.17) is 4.74 Å². The number of ether oxygens (including phenoxy) is 1. The molecule has 7 heteroatoms. The summed E-state index contributed by atoms with van der Waals surface area (Å²) < 4.78 is 5.79. The van der Waals surface area contributed by atoms with Crippen LogP contribution < -0.4 is 10.6 Å². The molecule has 0 aromatic rings. The van der Waals surface area contributed by atoms with E-state index in [0.717, 1.165) is 58.1 Å². The largest absolute Gasteiger partial charge is 0.381 e. The minimum atomic E-state index is 0. The molecule has 0 amide bonds. The third-order valence-electron chi connectivity index (χ3n) is 4.85. The number of hydrogen-bond donors (Lipinski definition) is 2. The molecule has 1 saturated heterocycles. The molecule has 0 atom stereocenters. The fourth-order valence-electron chi connectivity index (χ4n) is 3.24. The van der Waals surface area contributed by atoms with Gasteiger partial charge < -0.3 is 15.4 Å². The molecule has 0 bridgehead atoms. The van der Waals surface area contributed by atoms with Crippen LogP contribution in [0.2, 0.25) is 0 Å². The van der Waals surface area contributed by atoms with Crippen molar-refractivity contribution >= 4 is 41.7 Å². The Hall–Kier alpha value is 0.270. The summed E-state index contributed by atoms with van der Waals surface area (Å²) in [5.41, 5.74) is 0. The first-order valence-corrected chi connectivity index (χ1v) is 10.5. The Morgan fingerprint density at radius 3 is 2.24 bits per heavy atom. The molecule has 25 heavy (non-hydrogen) atoms. The van der Waals surface area contributed by atoms with Crippen LogP contribution in [0.25, 0.3) is 0 Å². The van der Waals surface area contributed by atoms with Gasteiger partial charge in [0.1, 0.15) is 0 Å². The Bertz CT molecular complexity index is 366. The molecule has 0 aliphatic carbocycles. The molecule has 1 aliphatic heterocycles. The lowest BCUT2D eigenvalue weighted by molar-refractivity contribution is 0.0783. The van der Waals surface area contributed by atoms with E-state index in [9.17, 15) is 0 Å². The van der Waals surface area contributed by atoms with Crippen LogP contribution in [0.3, 0.4) is 0 Å². The van der Waals surface area contributed by atoms with Gasteiger partial charge in [0, 0.05) is 56.7 Å². The van der Waals surface area contributed by atoms with Crippen molar-refractivity contribution < 1.29 is 4.74 Å². The highest BCUT2D eigenvalue weighted by Gasteiger charge is 2.31. The fourth-order valence-corrected chi connectivity index (χ4v) is 4.03. The van der Waals surface area contributed by atoms with Gasteiger partial charge in [0.05, 0.1) is 0 Å². The number of guanidine groups is 1. The van der Waals surface area contributed by atoms with Crippen LogP contribution in [0.15, 0.2) is 4.99 Å². The summed E-state index contributed by atoms with van der Waals surface area (Å²) in [4.78, 5) is 6.90. The number of rotatable bonds is 9. The van der Waals surface area contributed by atoms with Crippen LogP contribution in [0.4, 0.5) is 0 Å². The van der Waals surface area contributed by atoms with Crippen molar-refractivity contribution in [1.82, 2.24) is 15.5 Å². The van der Waals surface area contributed by atoms with Crippen molar-refractivity contribution in [3.05, 3.63) is 0 Å². The number of aliphatic imine (C=N–C) groups is 1. The van der Waals surface area contributed by atoms with Crippen LogP contribution in [0.1, 0.15) is 47.0 Å². The predicted octanol–water partition coefficient (Wildman–Crippen LogP) is 3.19. The summed E-state index contributed by atoms with van der Waals surface area (Å²) in [7, 11) is 1.85. The summed E-state index contributed by atoms with van der Waals surface area (Å²) in [5.74, 6) is 0.913. The third-order valence-corrected chi connectivity index (χ3v) is 6.27. The molecular formula is C18H39IN4OS. The summed E-state index contributed by atoms with van der Waals surface area (Å²) >= 11 is 1.95. The zero-order valence-electron chi connectivity index (χ0n) is 16.9. The molecule has 1 aliphatic rings. The Morgan fingerprint density at radius 2 is 1.76 bits per heavy atom. The molecule has 0 saturated carbocycles. The Labute approximate surface area is 176 Å². The van der Waals surface area contributed by atoms with Gasteiger partial charge in [-0.25, -0.2) is 0 Å². The van der Waals surface area contributed by atoms with E-state index in [2.05, 4.69) is 54.5 Å². The van der Waals surface area contributed by atoms with E-state index < -0.39 is 0 Å². The second-order valence-corrected chi connectivity index (χ2v) is 8.41. The van der Waals surface area contributed by atoms with Gasteiger partial charge in [-0.15, -0.1) is 24.0 Å². The maximum Gasteiger partial charge on any atom is 0.191 e. The SMILES string of the molecule is CN=C(NCCCN(C(C)C)C(C)C)NCC1(SC)CCOCC1.I. The van der Waals surface area contributed by atoms with E-state index >= 15 is 0 Å². The standard InChI is InChI=1S/C18H38N4OS.HI/c1-15(2)22(16(3)4)11-7-10-20-17(19-5)21-14-18(24-6)8-12-23-13-9-18;/h15-16H,7-14H2,1-6H3,(H2,19,20,21);1H. The normalized spacial score (nSPS) is 17.7. The molecule has 0 unspecified atom stereocenters. The van der Waals surface area contributed by atoms with E-state index in [1.807, 2.05) is 18.8 Å². The summed E-state index contributed by atoms with van der Waals surface area (Å²) in [6.45, 7) is 13.8. The van der Waals surface area contributed by atoms with Gasteiger partial charge in [-0.3, -0.25) is 9.89 Å². The highest BCUT2D eigenvalue weighted by Crippen LogP contribution is 2.32. The minimum Gasteiger partial charge on any atom is -0.381 e. The predicted molar refractivity (Wildman–Crippen MR) is 123 cm³/mol. The summed E-state index contributed by atoms with van der Waals surface area (Å²) in [6.07, 6.45) is 5.54. The molecule has 1 heterocycles. The Morgan fingerprint density at radius 1 is 1.16 bits per heavy atom. The van der Waals surface area contributed by atoms with E-state index in [-0.39, 0.29) is 28.7 Å². The van der Waals surface area contributed by atoms with Gasteiger partial charge in [-0.05, 0) is 53.2 Å². The van der Waals surface area contributed by atoms with Crippen LogP contribution >= 0.6 is 35.7 Å². The molecule has 0 radical (unpaired) electrons. The average molecular weight is 487 g/mol. The van der Waals surface area contributed by atoms with Crippen molar-refractivity contribution in [2.24, 2.45) is 4.99 Å². The number of halogens is 1. The first kappa shape index (κ1) is 25.3. The monoisotopic (exact) mass is 486 g/mol. The zero-order chi connectivity index (χ0) is 18.0. The summed E-state index contributed by atoms with van der Waals surface area (Å²) in [6, 6.07) is 1.19. The smallest absolute Gasteiger partial charge is 0.191 e. The van der Waals surface area contributed by atoms with Crippen molar-refractivity contribution in [2.45, 2.75) is 63.8 Å². The maximum absolute atomic E-state index is 5.51. The van der Waals surface area contributed by atoms with Crippen LogP contribution in [0.5, 0.6) is 0 Å². The topological polar surface area (TPSA) is 48.9 Å². The van der Waals surface area contributed by atoms with Gasteiger partial charge >= 0.3 is 0 Å². The van der Waals surface area contributed by atoms with Gasteiger partial charge in [0.2, 0.25) is 0 Å². The molecule has 5 nitrogen and oxygen atoms in total. The van der Waals surface area contributed by atoms with Gasteiger partial charge in [-0.1, -0.05) is 0 Å². The van der Waals surface area contributed by atoms with E-state index in [1.54, 1.807) is 0 Å². The fraction of sp³-hybridized carbons (Fsp3) is 0.944. The van der Waals surface area contributed by atoms with Crippen molar-refractivity contribution in [2.75, 3.05) is 46.2 Å². The van der Waals surface area contributed by atoms with E-state index in [0.29, 0.717) is 12.1 Å². The van der Waals surface area contributed by atoms with Gasteiger partial charge in [0.25, 0.3) is 0 Å². The Kier molecular flexibility index (Phi) is 13.6. The van der Waals surface area contributed by atoms with E-state index in [1.165, 1.54) is 0 Å². The van der Waals surface area contributed by atoms with Gasteiger partial charge in [-0.2, -0.15) is 11.8 Å². The average Bonchev–Trinajstić information content (AvgIpc) is 2.57. The van der Waals surface area contributed by atoms with Crippen molar-refractivity contribution in [3.63, 3.8) is 0 Å². The zero-order valence-corrected chi connectivity index (χ0v) is 20.1. The number of nitrogens with one attached hydrogen (secondary N) is 2. The number of thioether (sulfide) groups is 1. The first-order valence-electron chi connectivity index (χ1n) is 9.27. The second-order valence-electron chi connectivity index (χ2n) is 7.13. The third kappa shape index (κ3) is 9.15. The van der Waals surface area contributed by atoms with Crippen LogP contribution in [-0.2, 0) is 4.74 Å². The van der Waals surface area contributed by atoms with Crippen LogP contribution in [-0.4, -0.2) is 73.8 Å². The van der Waals surface area contributed by atoms with Crippen molar-refractivity contribution in [1.29, 1.82) is 0 Å². The molecule has 2 N–H and O–H groups in total. The molecule has 0 spiro atoms. The molecular weight excluding hydrogens is 447 g/mol. The maximum atomic E-state index is 5.51. The highest BCUT2D eigenvalue weighted by molar-refractivity contribution is 14.0. The molecule has 0 aromatic carbocycles. The lowest BCUT2D eigenvalue weighted by atomic mass is 9.99. The number of hydrogen-bond acceptors (Lipinski definition) is 4. The Balaban J connectivity index is 0.00000576. The number of nitrogens with zero attached hydrogens (tertiary/aromatic N) is 2. The first-order chi connectivity index (χ1) is 11.4. The summed E-state index contributed by atoms with van der Waals surface area (Å²) in [5, 5.41) is 6.97. The molecule has 1 fully saturated rings. The van der Waals surface area contributed by atoms with Gasteiger partial charge in [0.15, 0.2) is 5.96 Å². The van der Waals surface area contributed by atoms with Crippen LogP contribution in [0, 0.1) is 0 Å². The lowest BCUT2D eigenvalue weighted by Gasteiger charge is -2.36. The molecule has 1 rings (SSSR count). The quantitative estimate of drug-likeness (QED) is 0.227. The second kappa shape index (κ2) is 13.4. The highest BCUT2D eigenvalue weighted by atomic mass is 127. The van der Waals surface area contributed by atoms with Crippen molar-refractivity contribution in [3.8, 4) is 0 Å². The molecule has 0 aromatic heterocycles. The lowest BCUT2D eigenvalue weighted by Crippen LogP contribution is -2.48.